The first-order valence-corrected chi connectivity index (χ1v) is 6.63. The lowest BCUT2D eigenvalue weighted by Gasteiger charge is -2.05. The molecule has 0 aliphatic rings. The van der Waals surface area contributed by atoms with Gasteiger partial charge >= 0.3 is 0 Å². The highest BCUT2D eigenvalue weighted by Gasteiger charge is 2.15. The molecule has 0 aliphatic heterocycles. The van der Waals surface area contributed by atoms with E-state index >= 15 is 0 Å². The second-order valence-electron chi connectivity index (χ2n) is 2.92. The zero-order valence-electron chi connectivity index (χ0n) is 8.28. The van der Waals surface area contributed by atoms with Crippen LogP contribution in [-0.2, 0) is 10.0 Å². The number of halogens is 2. The molecule has 88 valence electrons. The van der Waals surface area contributed by atoms with Crippen LogP contribution in [0.1, 0.15) is 6.42 Å². The number of hydrogen-bond acceptors (Lipinski definition) is 3. The van der Waals surface area contributed by atoms with Gasteiger partial charge in [-0.2, -0.15) is 0 Å². The van der Waals surface area contributed by atoms with Crippen molar-refractivity contribution in [2.24, 2.45) is 0 Å². The second kappa shape index (κ2) is 5.63. The minimum absolute atomic E-state index is 0.00837. The lowest BCUT2D eigenvalue weighted by atomic mass is 10.4. The molecule has 0 aromatic carbocycles. The Morgan fingerprint density at radius 1 is 1.50 bits per heavy atom. The third-order valence-electron chi connectivity index (χ3n) is 1.72. The number of hydrogen-bond donors (Lipinski definition) is 1. The van der Waals surface area contributed by atoms with Crippen LogP contribution < -0.4 is 4.72 Å². The minimum Gasteiger partial charge on any atom is -0.242 e. The standard InChI is InChI=1S/C9H10Cl2N2O2S/c1-2-3-4-13-16(14,15)7-5-8(10)9(11)12-6-7/h2,5-6,13H,1,3-4H2. The molecular weight excluding hydrogens is 271 g/mol. The Balaban J connectivity index is 2.90. The fourth-order valence-corrected chi connectivity index (χ4v) is 2.28. The van der Waals surface area contributed by atoms with Crippen molar-refractivity contribution >= 4 is 33.2 Å². The molecule has 16 heavy (non-hydrogen) atoms. The monoisotopic (exact) mass is 280 g/mol. The van der Waals surface area contributed by atoms with Crippen LogP contribution >= 0.6 is 23.2 Å². The third-order valence-corrected chi connectivity index (χ3v) is 3.84. The average molecular weight is 281 g/mol. The summed E-state index contributed by atoms with van der Waals surface area (Å²) in [5, 5.41) is 0.181. The van der Waals surface area contributed by atoms with E-state index in [0.29, 0.717) is 6.42 Å². The molecule has 7 heteroatoms. The molecule has 1 N–H and O–H groups in total. The van der Waals surface area contributed by atoms with Crippen LogP contribution in [-0.4, -0.2) is 19.9 Å². The summed E-state index contributed by atoms with van der Waals surface area (Å²) in [6.07, 6.45) is 3.33. The van der Waals surface area contributed by atoms with Gasteiger partial charge in [0.15, 0.2) is 0 Å². The highest BCUT2D eigenvalue weighted by molar-refractivity contribution is 7.89. The third kappa shape index (κ3) is 3.45. The van der Waals surface area contributed by atoms with Gasteiger partial charge in [0.2, 0.25) is 10.0 Å². The lowest BCUT2D eigenvalue weighted by Crippen LogP contribution is -2.24. The number of sulfonamides is 1. The molecule has 4 nitrogen and oxygen atoms in total. The van der Waals surface area contributed by atoms with E-state index in [1.54, 1.807) is 6.08 Å². The van der Waals surface area contributed by atoms with E-state index in [4.69, 9.17) is 23.2 Å². The van der Waals surface area contributed by atoms with Crippen molar-refractivity contribution in [1.82, 2.24) is 9.71 Å². The van der Waals surface area contributed by atoms with Gasteiger partial charge in [-0.15, -0.1) is 6.58 Å². The molecule has 0 bridgehead atoms. The molecule has 1 heterocycles. The minimum atomic E-state index is -3.58. The molecule has 1 aromatic rings. The Labute approximate surface area is 104 Å². The van der Waals surface area contributed by atoms with Crippen LogP contribution in [0.2, 0.25) is 10.2 Å². The first-order valence-electron chi connectivity index (χ1n) is 4.39. The normalized spacial score (nSPS) is 11.4. The Morgan fingerprint density at radius 2 is 2.19 bits per heavy atom. The molecule has 1 rings (SSSR count). The molecule has 0 saturated heterocycles. The summed E-state index contributed by atoms with van der Waals surface area (Å²) in [5.74, 6) is 0. The second-order valence-corrected chi connectivity index (χ2v) is 5.45. The number of nitrogens with one attached hydrogen (secondary N) is 1. The number of nitrogens with zero attached hydrogens (tertiary/aromatic N) is 1. The first-order chi connectivity index (χ1) is 7.47. The van der Waals surface area contributed by atoms with Crippen LogP contribution in [0.5, 0.6) is 0 Å². The summed E-state index contributed by atoms with van der Waals surface area (Å²) >= 11 is 11.3. The van der Waals surface area contributed by atoms with E-state index in [-0.39, 0.29) is 21.6 Å². The van der Waals surface area contributed by atoms with Gasteiger partial charge in [-0.3, -0.25) is 0 Å². The van der Waals surface area contributed by atoms with Crippen LogP contribution in [0.4, 0.5) is 0 Å². The zero-order valence-corrected chi connectivity index (χ0v) is 10.6. The molecule has 0 atom stereocenters. The predicted molar refractivity (Wildman–Crippen MR) is 64.3 cm³/mol. The average Bonchev–Trinajstić information content (AvgIpc) is 2.22. The molecule has 0 aliphatic carbocycles. The van der Waals surface area contributed by atoms with Gasteiger partial charge < -0.3 is 0 Å². The van der Waals surface area contributed by atoms with Gasteiger partial charge in [-0.05, 0) is 12.5 Å². The quantitative estimate of drug-likeness (QED) is 0.511. The fraction of sp³-hybridized carbons (Fsp3) is 0.222. The fourth-order valence-electron chi connectivity index (χ4n) is 0.929. The summed E-state index contributed by atoms with van der Waals surface area (Å²) in [6, 6.07) is 1.26. The summed E-state index contributed by atoms with van der Waals surface area (Å²) in [7, 11) is -3.58. The van der Waals surface area contributed by atoms with E-state index in [9.17, 15) is 8.42 Å². The molecule has 0 fully saturated rings. The maximum absolute atomic E-state index is 11.7. The topological polar surface area (TPSA) is 59.1 Å². The van der Waals surface area contributed by atoms with Gasteiger partial charge in [0.1, 0.15) is 10.0 Å². The summed E-state index contributed by atoms with van der Waals surface area (Å²) < 4.78 is 25.7. The van der Waals surface area contributed by atoms with Crippen molar-refractivity contribution < 1.29 is 8.42 Å². The highest BCUT2D eigenvalue weighted by Crippen LogP contribution is 2.21. The smallest absolute Gasteiger partial charge is 0.242 e. The molecule has 0 radical (unpaired) electrons. The van der Waals surface area contributed by atoms with Crippen molar-refractivity contribution in [2.75, 3.05) is 6.54 Å². The summed E-state index contributed by atoms with van der Waals surface area (Å²) in [6.45, 7) is 3.78. The Morgan fingerprint density at radius 3 is 2.75 bits per heavy atom. The molecule has 0 saturated carbocycles. The van der Waals surface area contributed by atoms with E-state index in [1.165, 1.54) is 6.07 Å². The summed E-state index contributed by atoms with van der Waals surface area (Å²) in [4.78, 5) is 3.66. The van der Waals surface area contributed by atoms with Crippen molar-refractivity contribution in [3.63, 3.8) is 0 Å². The first kappa shape index (κ1) is 13.4. The molecule has 0 unspecified atom stereocenters. The zero-order chi connectivity index (χ0) is 12.2. The SMILES string of the molecule is C=CCCNS(=O)(=O)c1cnc(Cl)c(Cl)c1. The molecular formula is C9H10Cl2N2O2S. The van der Waals surface area contributed by atoms with Crippen molar-refractivity contribution in [2.45, 2.75) is 11.3 Å². The largest absolute Gasteiger partial charge is 0.242 e. The van der Waals surface area contributed by atoms with Gasteiger partial charge in [-0.1, -0.05) is 29.3 Å². The van der Waals surface area contributed by atoms with Crippen molar-refractivity contribution in [3.8, 4) is 0 Å². The van der Waals surface area contributed by atoms with Crippen LogP contribution in [0, 0.1) is 0 Å². The van der Waals surface area contributed by atoms with E-state index in [2.05, 4.69) is 16.3 Å². The van der Waals surface area contributed by atoms with Gasteiger partial charge in [0, 0.05) is 12.7 Å². The predicted octanol–water partition coefficient (Wildman–Crippen LogP) is 2.24. The lowest BCUT2D eigenvalue weighted by molar-refractivity contribution is 0.581. The number of pyridine rings is 1. The van der Waals surface area contributed by atoms with Crippen molar-refractivity contribution in [1.29, 1.82) is 0 Å². The maximum atomic E-state index is 11.7. The van der Waals surface area contributed by atoms with Crippen molar-refractivity contribution in [3.05, 3.63) is 35.1 Å². The maximum Gasteiger partial charge on any atom is 0.242 e. The Bertz CT molecular complexity index is 488. The van der Waals surface area contributed by atoms with Gasteiger partial charge in [0.25, 0.3) is 0 Å². The van der Waals surface area contributed by atoms with E-state index in [1.807, 2.05) is 0 Å². The Hall–Kier alpha value is -0.620. The van der Waals surface area contributed by atoms with E-state index < -0.39 is 10.0 Å². The van der Waals surface area contributed by atoms with E-state index in [0.717, 1.165) is 6.20 Å². The van der Waals surface area contributed by atoms with Gasteiger partial charge in [-0.25, -0.2) is 18.1 Å². The number of rotatable bonds is 5. The Kier molecular flexibility index (Phi) is 4.73. The van der Waals surface area contributed by atoms with Crippen LogP contribution in [0.3, 0.4) is 0 Å². The molecule has 1 aromatic heterocycles. The highest BCUT2D eigenvalue weighted by atomic mass is 35.5. The van der Waals surface area contributed by atoms with Crippen LogP contribution in [0.25, 0.3) is 0 Å². The molecule has 0 spiro atoms. The summed E-state index contributed by atoms with van der Waals surface area (Å²) in [5.41, 5.74) is 0. The molecule has 0 amide bonds. The van der Waals surface area contributed by atoms with Gasteiger partial charge in [0.05, 0.1) is 5.02 Å². The number of aromatic nitrogens is 1. The van der Waals surface area contributed by atoms with Crippen LogP contribution in [0.15, 0.2) is 29.8 Å².